The van der Waals surface area contributed by atoms with E-state index >= 15 is 0 Å². The molecular weight excluding hydrogens is 168 g/mol. The highest BCUT2D eigenvalue weighted by molar-refractivity contribution is 6.27. The molecule has 0 radical (unpaired) electrons. The Balaban J connectivity index is 0.000000202. The molecule has 0 aliphatic carbocycles. The first-order valence-corrected chi connectivity index (χ1v) is 2.61. The van der Waals surface area contributed by atoms with Gasteiger partial charge in [-0.1, -0.05) is 0 Å². The van der Waals surface area contributed by atoms with Crippen LogP contribution >= 0.6 is 0 Å². The first-order chi connectivity index (χ1) is 5.54. The highest BCUT2D eigenvalue weighted by Crippen LogP contribution is 1.90. The molecule has 1 aliphatic rings. The van der Waals surface area contributed by atoms with Gasteiger partial charge < -0.3 is 10.2 Å². The molecule has 12 heavy (non-hydrogen) atoms. The molecule has 0 saturated carbocycles. The van der Waals surface area contributed by atoms with E-state index in [1.807, 2.05) is 0 Å². The van der Waals surface area contributed by atoms with Crippen molar-refractivity contribution in [1.82, 2.24) is 0 Å². The van der Waals surface area contributed by atoms with Crippen molar-refractivity contribution < 1.29 is 24.6 Å². The zero-order valence-electron chi connectivity index (χ0n) is 5.67. The number of carbonyl (C=O) groups is 3. The summed E-state index contributed by atoms with van der Waals surface area (Å²) in [5.41, 5.74) is 0. The molecule has 0 aromatic rings. The largest absolute Gasteiger partial charge is 0.473 e. The topological polar surface area (TPSA) is 116 Å². The monoisotopic (exact) mass is 172 g/mol. The van der Waals surface area contributed by atoms with Crippen molar-refractivity contribution in [3.05, 3.63) is 12.3 Å². The standard InChI is InChI=1S/C3H2N2O.C2H2O4/c6-3-1-2-4-5-3;3-1(4)2(5)6/h1-2H;(H,3,4)(H,5,6). The third-order valence-corrected chi connectivity index (χ3v) is 0.623. The lowest BCUT2D eigenvalue weighted by atomic mass is 10.6. The van der Waals surface area contributed by atoms with E-state index in [2.05, 4.69) is 10.2 Å². The first-order valence-electron chi connectivity index (χ1n) is 2.61. The van der Waals surface area contributed by atoms with Crippen LogP contribution in [0.4, 0.5) is 0 Å². The lowest BCUT2D eigenvalue weighted by Crippen LogP contribution is -2.09. The molecule has 1 heterocycles. The van der Waals surface area contributed by atoms with Crippen LogP contribution < -0.4 is 0 Å². The smallest absolute Gasteiger partial charge is 0.414 e. The van der Waals surface area contributed by atoms with Gasteiger partial charge in [0.1, 0.15) is 0 Å². The van der Waals surface area contributed by atoms with Crippen LogP contribution in [0.3, 0.4) is 0 Å². The fraction of sp³-hybridized carbons (Fsp3) is 0. The highest BCUT2D eigenvalue weighted by atomic mass is 16.4. The number of hydrogen-bond acceptors (Lipinski definition) is 4. The SMILES string of the molecule is O=C(O)C(=O)O.O=C1C=CN=N1. The Hall–Kier alpha value is -2.05. The van der Waals surface area contributed by atoms with Gasteiger partial charge in [0.05, 0.1) is 6.20 Å². The van der Waals surface area contributed by atoms with Crippen LogP contribution in [0, 0.1) is 0 Å². The Morgan fingerprint density at radius 1 is 1.25 bits per heavy atom. The average molecular weight is 172 g/mol. The number of amides is 1. The van der Waals surface area contributed by atoms with Crippen molar-refractivity contribution in [2.24, 2.45) is 10.2 Å². The highest BCUT2D eigenvalue weighted by Gasteiger charge is 2.04. The van der Waals surface area contributed by atoms with Gasteiger partial charge in [-0.2, -0.15) is 5.11 Å². The number of azo groups is 1. The maximum absolute atomic E-state index is 9.90. The first kappa shape index (κ1) is 9.95. The molecule has 0 aromatic heterocycles. The van der Waals surface area contributed by atoms with Gasteiger partial charge in [0.25, 0.3) is 5.91 Å². The maximum Gasteiger partial charge on any atom is 0.414 e. The summed E-state index contributed by atoms with van der Waals surface area (Å²) < 4.78 is 0. The van der Waals surface area contributed by atoms with Crippen molar-refractivity contribution in [3.8, 4) is 0 Å². The summed E-state index contributed by atoms with van der Waals surface area (Å²) in [5, 5.41) is 21.2. The zero-order valence-corrected chi connectivity index (χ0v) is 5.67. The average Bonchev–Trinajstić information content (AvgIpc) is 2.40. The number of rotatable bonds is 0. The molecular formula is C5H4N2O5. The van der Waals surface area contributed by atoms with Gasteiger partial charge in [-0.05, 0) is 0 Å². The Morgan fingerprint density at radius 2 is 1.75 bits per heavy atom. The van der Waals surface area contributed by atoms with Gasteiger partial charge in [0, 0.05) is 6.08 Å². The third-order valence-electron chi connectivity index (χ3n) is 0.623. The molecule has 1 amide bonds. The number of nitrogens with zero attached hydrogens (tertiary/aromatic N) is 2. The Labute approximate surface area is 66.0 Å². The predicted molar refractivity (Wildman–Crippen MR) is 34.3 cm³/mol. The van der Waals surface area contributed by atoms with Crippen molar-refractivity contribution in [3.63, 3.8) is 0 Å². The molecule has 0 atom stereocenters. The van der Waals surface area contributed by atoms with Gasteiger partial charge in [0.15, 0.2) is 0 Å². The van der Waals surface area contributed by atoms with Gasteiger partial charge in [-0.25, -0.2) is 9.59 Å². The normalized spacial score (nSPS) is 12.2. The molecule has 7 nitrogen and oxygen atoms in total. The van der Waals surface area contributed by atoms with Crippen molar-refractivity contribution in [2.75, 3.05) is 0 Å². The molecule has 0 spiro atoms. The van der Waals surface area contributed by atoms with Gasteiger partial charge in [-0.3, -0.25) is 4.79 Å². The van der Waals surface area contributed by atoms with Crippen LogP contribution in [0.1, 0.15) is 0 Å². The van der Waals surface area contributed by atoms with Crippen LogP contribution in [0.2, 0.25) is 0 Å². The van der Waals surface area contributed by atoms with Crippen LogP contribution in [-0.4, -0.2) is 28.1 Å². The fourth-order valence-corrected chi connectivity index (χ4v) is 0.221. The minimum Gasteiger partial charge on any atom is -0.473 e. The van der Waals surface area contributed by atoms with E-state index in [4.69, 9.17) is 19.8 Å². The number of carboxylic acids is 2. The molecule has 0 aromatic carbocycles. The van der Waals surface area contributed by atoms with Gasteiger partial charge in [0.2, 0.25) is 0 Å². The second-order valence-electron chi connectivity index (χ2n) is 1.48. The second kappa shape index (κ2) is 4.72. The fourth-order valence-electron chi connectivity index (χ4n) is 0.221. The summed E-state index contributed by atoms with van der Waals surface area (Å²) in [7, 11) is 0. The van der Waals surface area contributed by atoms with E-state index in [0.29, 0.717) is 0 Å². The van der Waals surface area contributed by atoms with E-state index in [1.54, 1.807) is 0 Å². The van der Waals surface area contributed by atoms with E-state index in [9.17, 15) is 4.79 Å². The summed E-state index contributed by atoms with van der Waals surface area (Å²) in [6, 6.07) is 0. The summed E-state index contributed by atoms with van der Waals surface area (Å²) in [4.78, 5) is 28.1. The molecule has 0 fully saturated rings. The molecule has 1 aliphatic heterocycles. The van der Waals surface area contributed by atoms with Crippen molar-refractivity contribution in [2.45, 2.75) is 0 Å². The number of aliphatic carboxylic acids is 2. The Morgan fingerprint density at radius 3 is 1.83 bits per heavy atom. The minimum absolute atomic E-state index is 0.269. The number of hydrogen-bond donors (Lipinski definition) is 2. The molecule has 64 valence electrons. The molecule has 7 heteroatoms. The molecule has 2 N–H and O–H groups in total. The maximum atomic E-state index is 9.90. The van der Waals surface area contributed by atoms with Crippen LogP contribution in [-0.2, 0) is 14.4 Å². The lowest BCUT2D eigenvalue weighted by Gasteiger charge is -1.72. The summed E-state index contributed by atoms with van der Waals surface area (Å²) in [6.45, 7) is 0. The van der Waals surface area contributed by atoms with E-state index in [0.717, 1.165) is 0 Å². The number of carbonyl (C=O) groups excluding carboxylic acids is 1. The quantitative estimate of drug-likeness (QED) is 0.484. The van der Waals surface area contributed by atoms with E-state index in [-0.39, 0.29) is 5.91 Å². The zero-order chi connectivity index (χ0) is 9.56. The van der Waals surface area contributed by atoms with Crippen molar-refractivity contribution in [1.29, 1.82) is 0 Å². The van der Waals surface area contributed by atoms with Crippen molar-refractivity contribution >= 4 is 17.8 Å². The van der Waals surface area contributed by atoms with Crippen LogP contribution in [0.25, 0.3) is 0 Å². The number of carboxylic acid groups (broad SMARTS) is 2. The third kappa shape index (κ3) is 4.79. The van der Waals surface area contributed by atoms with E-state index in [1.165, 1.54) is 12.3 Å². The van der Waals surface area contributed by atoms with Gasteiger partial charge in [-0.15, -0.1) is 5.11 Å². The van der Waals surface area contributed by atoms with Crippen LogP contribution in [0.15, 0.2) is 22.5 Å². The molecule has 0 bridgehead atoms. The second-order valence-corrected chi connectivity index (χ2v) is 1.48. The Kier molecular flexibility index (Phi) is 3.91. The summed E-state index contributed by atoms with van der Waals surface area (Å²) in [6.07, 6.45) is 2.67. The van der Waals surface area contributed by atoms with E-state index < -0.39 is 11.9 Å². The minimum atomic E-state index is -1.82. The van der Waals surface area contributed by atoms with Crippen LogP contribution in [0.5, 0.6) is 0 Å². The molecule has 1 rings (SSSR count). The summed E-state index contributed by atoms with van der Waals surface area (Å²) in [5.74, 6) is -3.92. The Bertz CT molecular complexity index is 241. The lowest BCUT2D eigenvalue weighted by molar-refractivity contribution is -0.159. The summed E-state index contributed by atoms with van der Waals surface area (Å²) >= 11 is 0. The van der Waals surface area contributed by atoms with Gasteiger partial charge >= 0.3 is 11.9 Å². The molecule has 0 saturated heterocycles. The predicted octanol–water partition coefficient (Wildman–Crippen LogP) is -0.352. The molecule has 0 unspecified atom stereocenters.